The highest BCUT2D eigenvalue weighted by atomic mass is 79.9. The van der Waals surface area contributed by atoms with E-state index in [0.29, 0.717) is 44.6 Å². The summed E-state index contributed by atoms with van der Waals surface area (Å²) in [4.78, 5) is 28.9. The van der Waals surface area contributed by atoms with Crippen molar-refractivity contribution in [1.29, 1.82) is 0 Å². The molecule has 1 heterocycles. The number of nitrogens with zero attached hydrogens (tertiary/aromatic N) is 2. The van der Waals surface area contributed by atoms with Gasteiger partial charge in [-0.15, -0.1) is 0 Å². The summed E-state index contributed by atoms with van der Waals surface area (Å²) in [7, 11) is 1.82. The summed E-state index contributed by atoms with van der Waals surface area (Å²) in [6.45, 7) is 4.26. The Labute approximate surface area is 180 Å². The van der Waals surface area contributed by atoms with Crippen LogP contribution in [0.25, 0.3) is 0 Å². The number of halogens is 1. The number of benzene rings is 2. The zero-order chi connectivity index (χ0) is 20.8. The first-order valence-corrected chi connectivity index (χ1v) is 10.7. The van der Waals surface area contributed by atoms with Gasteiger partial charge in [0.05, 0.1) is 6.54 Å². The molecule has 0 bridgehead atoms. The molecular weight excluding hydrogens is 432 g/mol. The fraction of sp³-hybridized carbons (Fsp3) is 0.391. The Hall–Kier alpha value is -2.34. The number of piperidine rings is 1. The molecular formula is C23H27BrN2O3. The molecule has 0 aromatic heterocycles. The number of aryl methyl sites for hydroxylation is 1. The van der Waals surface area contributed by atoms with E-state index in [0.717, 1.165) is 15.8 Å². The zero-order valence-corrected chi connectivity index (χ0v) is 18.5. The van der Waals surface area contributed by atoms with Gasteiger partial charge in [0.25, 0.3) is 5.91 Å². The number of carbonyl (C=O) groups is 2. The van der Waals surface area contributed by atoms with Crippen molar-refractivity contribution in [1.82, 2.24) is 9.80 Å². The van der Waals surface area contributed by atoms with Gasteiger partial charge < -0.3 is 14.5 Å². The number of rotatable bonds is 6. The molecule has 1 saturated heterocycles. The predicted octanol–water partition coefficient (Wildman–Crippen LogP) is 4.15. The second-order valence-electron chi connectivity index (χ2n) is 7.50. The van der Waals surface area contributed by atoms with E-state index in [2.05, 4.69) is 15.9 Å². The van der Waals surface area contributed by atoms with E-state index in [1.54, 1.807) is 4.90 Å². The molecule has 1 aliphatic heterocycles. The van der Waals surface area contributed by atoms with E-state index < -0.39 is 0 Å². The van der Waals surface area contributed by atoms with Gasteiger partial charge in [-0.25, -0.2) is 0 Å². The molecule has 29 heavy (non-hydrogen) atoms. The third kappa shape index (κ3) is 5.82. The number of ether oxygens (including phenoxy) is 1. The van der Waals surface area contributed by atoms with E-state index in [-0.39, 0.29) is 17.7 Å². The van der Waals surface area contributed by atoms with Gasteiger partial charge >= 0.3 is 0 Å². The minimum absolute atomic E-state index is 0.0308. The molecule has 2 amide bonds. The van der Waals surface area contributed by atoms with Crippen molar-refractivity contribution in [3.05, 3.63) is 64.1 Å². The van der Waals surface area contributed by atoms with Gasteiger partial charge in [-0.3, -0.25) is 9.59 Å². The van der Waals surface area contributed by atoms with Gasteiger partial charge in [-0.1, -0.05) is 28.1 Å². The Bertz CT molecular complexity index is 845. The van der Waals surface area contributed by atoms with Gasteiger partial charge in [0, 0.05) is 36.1 Å². The van der Waals surface area contributed by atoms with Crippen LogP contribution in [0.15, 0.2) is 53.0 Å². The lowest BCUT2D eigenvalue weighted by molar-refractivity contribution is -0.135. The van der Waals surface area contributed by atoms with Gasteiger partial charge in [0.15, 0.2) is 0 Å². The minimum atomic E-state index is -0.0343. The summed E-state index contributed by atoms with van der Waals surface area (Å²) < 4.78 is 6.70. The largest absolute Gasteiger partial charge is 0.492 e. The Morgan fingerprint density at radius 3 is 2.48 bits per heavy atom. The molecule has 0 N–H and O–H groups in total. The third-order valence-corrected chi connectivity index (χ3v) is 5.81. The summed E-state index contributed by atoms with van der Waals surface area (Å²) in [5.41, 5.74) is 1.83. The standard InChI is InChI=1S/C23H27BrN2O3/c1-17-4-3-5-21(16-17)29-15-14-25(2)22(27)19-10-12-26(13-11-19)23(28)18-6-8-20(24)9-7-18/h3-9,16,19H,10-15H2,1-2H3. The number of hydrogen-bond acceptors (Lipinski definition) is 3. The van der Waals surface area contributed by atoms with E-state index in [1.165, 1.54) is 0 Å². The monoisotopic (exact) mass is 458 g/mol. The maximum Gasteiger partial charge on any atom is 0.253 e. The second-order valence-corrected chi connectivity index (χ2v) is 8.41. The van der Waals surface area contributed by atoms with E-state index in [9.17, 15) is 9.59 Å². The van der Waals surface area contributed by atoms with E-state index in [4.69, 9.17) is 4.74 Å². The first kappa shape index (κ1) is 21.4. The van der Waals surface area contributed by atoms with Crippen molar-refractivity contribution in [2.45, 2.75) is 19.8 Å². The van der Waals surface area contributed by atoms with Crippen LogP contribution in [0.5, 0.6) is 5.75 Å². The normalized spacial score (nSPS) is 14.5. The van der Waals surface area contributed by atoms with E-state index in [1.807, 2.05) is 67.4 Å². The zero-order valence-electron chi connectivity index (χ0n) is 16.9. The summed E-state index contributed by atoms with van der Waals surface area (Å²) in [6.07, 6.45) is 1.40. The summed E-state index contributed by atoms with van der Waals surface area (Å²) in [5.74, 6) is 0.954. The quantitative estimate of drug-likeness (QED) is 0.653. The van der Waals surface area contributed by atoms with E-state index >= 15 is 0 Å². The molecule has 5 nitrogen and oxygen atoms in total. The van der Waals surface area contributed by atoms with Crippen LogP contribution in [0.1, 0.15) is 28.8 Å². The van der Waals surface area contributed by atoms with Crippen LogP contribution in [-0.4, -0.2) is 54.9 Å². The predicted molar refractivity (Wildman–Crippen MR) is 117 cm³/mol. The third-order valence-electron chi connectivity index (χ3n) is 5.28. The molecule has 2 aromatic carbocycles. The smallest absolute Gasteiger partial charge is 0.253 e. The van der Waals surface area contributed by atoms with Crippen LogP contribution in [0.2, 0.25) is 0 Å². The lowest BCUT2D eigenvalue weighted by Crippen LogP contribution is -2.44. The first-order valence-electron chi connectivity index (χ1n) is 9.93. The molecule has 3 rings (SSSR count). The number of amides is 2. The highest BCUT2D eigenvalue weighted by Crippen LogP contribution is 2.22. The van der Waals surface area contributed by atoms with Crippen molar-refractivity contribution in [2.24, 2.45) is 5.92 Å². The molecule has 154 valence electrons. The van der Waals surface area contributed by atoms with Gasteiger partial charge in [0.2, 0.25) is 5.91 Å². The molecule has 0 unspecified atom stereocenters. The van der Waals surface area contributed by atoms with Crippen molar-refractivity contribution in [3.63, 3.8) is 0 Å². The number of hydrogen-bond donors (Lipinski definition) is 0. The van der Waals surface area contributed by atoms with Crippen LogP contribution in [-0.2, 0) is 4.79 Å². The maximum absolute atomic E-state index is 12.7. The van der Waals surface area contributed by atoms with Crippen molar-refractivity contribution in [2.75, 3.05) is 33.3 Å². The lowest BCUT2D eigenvalue weighted by atomic mass is 9.95. The Balaban J connectivity index is 1.44. The summed E-state index contributed by atoms with van der Waals surface area (Å²) in [6, 6.07) is 15.3. The topological polar surface area (TPSA) is 49.9 Å². The van der Waals surface area contributed by atoms with Crippen LogP contribution in [0, 0.1) is 12.8 Å². The Morgan fingerprint density at radius 2 is 1.83 bits per heavy atom. The van der Waals surface area contributed by atoms with Crippen LogP contribution >= 0.6 is 15.9 Å². The molecule has 0 saturated carbocycles. The van der Waals surface area contributed by atoms with Crippen LogP contribution in [0.3, 0.4) is 0 Å². The molecule has 0 atom stereocenters. The molecule has 1 fully saturated rings. The lowest BCUT2D eigenvalue weighted by Gasteiger charge is -2.33. The van der Waals surface area contributed by atoms with Gasteiger partial charge in [-0.05, 0) is 61.7 Å². The fourth-order valence-electron chi connectivity index (χ4n) is 3.53. The fourth-order valence-corrected chi connectivity index (χ4v) is 3.80. The average Bonchev–Trinajstić information content (AvgIpc) is 2.73. The Kier molecular flexibility index (Phi) is 7.31. The van der Waals surface area contributed by atoms with Crippen molar-refractivity contribution in [3.8, 4) is 5.75 Å². The number of likely N-dealkylation sites (N-methyl/N-ethyl adjacent to an activating group) is 1. The number of likely N-dealkylation sites (tertiary alicyclic amines) is 1. The van der Waals surface area contributed by atoms with Gasteiger partial charge in [-0.2, -0.15) is 0 Å². The summed E-state index contributed by atoms with van der Waals surface area (Å²) in [5, 5.41) is 0. The number of carbonyl (C=O) groups excluding carboxylic acids is 2. The van der Waals surface area contributed by atoms with Crippen molar-refractivity contribution >= 4 is 27.7 Å². The highest BCUT2D eigenvalue weighted by Gasteiger charge is 2.29. The van der Waals surface area contributed by atoms with Crippen LogP contribution in [0.4, 0.5) is 0 Å². The minimum Gasteiger partial charge on any atom is -0.492 e. The second kappa shape index (κ2) is 9.92. The molecule has 1 aliphatic rings. The Morgan fingerprint density at radius 1 is 1.14 bits per heavy atom. The molecule has 2 aromatic rings. The SMILES string of the molecule is Cc1cccc(OCCN(C)C(=O)C2CCN(C(=O)c3ccc(Br)cc3)CC2)c1. The van der Waals surface area contributed by atoms with Gasteiger partial charge in [0.1, 0.15) is 12.4 Å². The molecule has 0 radical (unpaired) electrons. The maximum atomic E-state index is 12.7. The average molecular weight is 459 g/mol. The van der Waals surface area contributed by atoms with Crippen LogP contribution < -0.4 is 4.74 Å². The van der Waals surface area contributed by atoms with Crippen molar-refractivity contribution < 1.29 is 14.3 Å². The molecule has 0 aliphatic carbocycles. The highest BCUT2D eigenvalue weighted by molar-refractivity contribution is 9.10. The molecule has 0 spiro atoms. The molecule has 6 heteroatoms. The first-order chi connectivity index (χ1) is 13.9. The summed E-state index contributed by atoms with van der Waals surface area (Å²) >= 11 is 3.39.